The van der Waals surface area contributed by atoms with Gasteiger partial charge in [-0.15, -0.1) is 0 Å². The number of rotatable bonds is 5. The summed E-state index contributed by atoms with van der Waals surface area (Å²) >= 11 is 0. The van der Waals surface area contributed by atoms with E-state index in [4.69, 9.17) is 9.47 Å². The van der Waals surface area contributed by atoms with Crippen molar-refractivity contribution in [3.05, 3.63) is 0 Å². The number of β-lactam (4-membered cyclic amide) rings is 1. The third kappa shape index (κ3) is 6.14. The average molecular weight is 355 g/mol. The molecule has 0 saturated carbocycles. The molecule has 1 rings (SSSR count). The molecule has 7 nitrogen and oxygen atoms in total. The fourth-order valence-corrected chi connectivity index (χ4v) is 2.63. The van der Waals surface area contributed by atoms with Crippen molar-refractivity contribution in [2.24, 2.45) is 16.7 Å². The number of carbonyl (C=O) groups is 4. The first-order valence-corrected chi connectivity index (χ1v) is 8.41. The van der Waals surface area contributed by atoms with Gasteiger partial charge in [0.25, 0.3) is 5.91 Å². The molecular formula is C18H29NO6. The van der Waals surface area contributed by atoms with Crippen LogP contribution in [0.15, 0.2) is 0 Å². The van der Waals surface area contributed by atoms with Gasteiger partial charge in [-0.25, -0.2) is 4.90 Å². The Morgan fingerprint density at radius 1 is 1.16 bits per heavy atom. The second kappa shape index (κ2) is 7.54. The van der Waals surface area contributed by atoms with E-state index in [0.29, 0.717) is 6.42 Å². The second-order valence-corrected chi connectivity index (χ2v) is 8.72. The maximum atomic E-state index is 12.5. The van der Waals surface area contributed by atoms with E-state index in [-0.39, 0.29) is 23.2 Å². The number of amides is 2. The van der Waals surface area contributed by atoms with Gasteiger partial charge in [-0.2, -0.15) is 0 Å². The van der Waals surface area contributed by atoms with Crippen molar-refractivity contribution in [1.82, 2.24) is 4.90 Å². The van der Waals surface area contributed by atoms with Gasteiger partial charge < -0.3 is 9.47 Å². The van der Waals surface area contributed by atoms with Crippen LogP contribution in [-0.2, 0) is 28.7 Å². The van der Waals surface area contributed by atoms with E-state index in [1.54, 1.807) is 0 Å². The molecule has 0 radical (unpaired) electrons. The van der Waals surface area contributed by atoms with Crippen molar-refractivity contribution in [2.75, 3.05) is 6.61 Å². The Morgan fingerprint density at radius 2 is 1.72 bits per heavy atom. The molecule has 0 aromatic carbocycles. The monoisotopic (exact) mass is 355 g/mol. The quantitative estimate of drug-likeness (QED) is 0.555. The van der Waals surface area contributed by atoms with Crippen molar-refractivity contribution in [3.8, 4) is 0 Å². The van der Waals surface area contributed by atoms with E-state index < -0.39 is 36.6 Å². The number of nitrogens with zero attached hydrogens (tertiary/aromatic N) is 1. The normalized spacial score (nSPS) is 19.1. The molecule has 0 aromatic heterocycles. The first-order valence-electron chi connectivity index (χ1n) is 8.41. The highest BCUT2D eigenvalue weighted by Gasteiger charge is 2.44. The molecule has 1 aliphatic rings. The standard InChI is InChI=1S/C18H29NO6/c1-11(20)25-15-8-13(21)19(15)14(22)10-24-16(23)12(18(5,6)7)9-17(2,3)4/h12,15H,8-10H2,1-7H3. The summed E-state index contributed by atoms with van der Waals surface area (Å²) in [7, 11) is 0. The Balaban J connectivity index is 2.68. The molecule has 0 N–H and O–H groups in total. The van der Waals surface area contributed by atoms with Gasteiger partial charge in [0.1, 0.15) is 0 Å². The molecular weight excluding hydrogens is 326 g/mol. The maximum Gasteiger partial charge on any atom is 0.309 e. The fourth-order valence-electron chi connectivity index (χ4n) is 2.63. The predicted molar refractivity (Wildman–Crippen MR) is 90.0 cm³/mol. The molecule has 142 valence electrons. The number of likely N-dealkylation sites (tertiary alicyclic amines) is 1. The fraction of sp³-hybridized carbons (Fsp3) is 0.778. The molecule has 7 heteroatoms. The lowest BCUT2D eigenvalue weighted by Crippen LogP contribution is -2.58. The lowest BCUT2D eigenvalue weighted by molar-refractivity contribution is -0.190. The molecule has 1 heterocycles. The van der Waals surface area contributed by atoms with E-state index >= 15 is 0 Å². The van der Waals surface area contributed by atoms with Gasteiger partial charge in [0.2, 0.25) is 5.91 Å². The van der Waals surface area contributed by atoms with E-state index in [0.717, 1.165) is 4.90 Å². The molecule has 0 aromatic rings. The average Bonchev–Trinajstić information content (AvgIpc) is 2.38. The molecule has 0 aliphatic carbocycles. The van der Waals surface area contributed by atoms with E-state index in [1.807, 2.05) is 41.5 Å². The number of esters is 2. The molecule has 1 fully saturated rings. The smallest absolute Gasteiger partial charge is 0.309 e. The topological polar surface area (TPSA) is 90.0 Å². The Kier molecular flexibility index (Phi) is 6.37. The molecule has 0 spiro atoms. The van der Waals surface area contributed by atoms with Crippen molar-refractivity contribution in [2.45, 2.75) is 67.5 Å². The summed E-state index contributed by atoms with van der Waals surface area (Å²) < 4.78 is 10.0. The lowest BCUT2D eigenvalue weighted by Gasteiger charge is -2.37. The summed E-state index contributed by atoms with van der Waals surface area (Å²) in [5.41, 5.74) is -0.394. The summed E-state index contributed by atoms with van der Waals surface area (Å²) in [6.45, 7) is 12.6. The maximum absolute atomic E-state index is 12.5. The van der Waals surface area contributed by atoms with Crippen molar-refractivity contribution in [3.63, 3.8) is 0 Å². The van der Waals surface area contributed by atoms with Gasteiger partial charge in [-0.1, -0.05) is 41.5 Å². The SMILES string of the molecule is CC(=O)OC1CC(=O)N1C(=O)COC(=O)C(CC(C)(C)C)C(C)(C)C. The van der Waals surface area contributed by atoms with Crippen LogP contribution in [0.1, 0.15) is 61.3 Å². The van der Waals surface area contributed by atoms with Crippen LogP contribution in [0.25, 0.3) is 0 Å². The third-order valence-corrected chi connectivity index (χ3v) is 3.96. The highest BCUT2D eigenvalue weighted by molar-refractivity contribution is 6.01. The van der Waals surface area contributed by atoms with Gasteiger partial charge in [-0.3, -0.25) is 19.2 Å². The zero-order valence-electron chi connectivity index (χ0n) is 16.2. The van der Waals surface area contributed by atoms with Crippen LogP contribution in [-0.4, -0.2) is 41.5 Å². The lowest BCUT2D eigenvalue weighted by atomic mass is 9.72. The highest BCUT2D eigenvalue weighted by atomic mass is 16.6. The Labute approximate surface area is 149 Å². The van der Waals surface area contributed by atoms with Gasteiger partial charge in [0, 0.05) is 6.92 Å². The zero-order valence-corrected chi connectivity index (χ0v) is 16.2. The van der Waals surface area contributed by atoms with E-state index in [9.17, 15) is 19.2 Å². The summed E-state index contributed by atoms with van der Waals surface area (Å²) in [6, 6.07) is 0. The number of imide groups is 1. The van der Waals surface area contributed by atoms with E-state index in [1.165, 1.54) is 6.92 Å². The minimum atomic E-state index is -0.899. The highest BCUT2D eigenvalue weighted by Crippen LogP contribution is 2.36. The van der Waals surface area contributed by atoms with Crippen LogP contribution < -0.4 is 0 Å². The van der Waals surface area contributed by atoms with Crippen molar-refractivity contribution in [1.29, 1.82) is 0 Å². The molecule has 25 heavy (non-hydrogen) atoms. The zero-order chi connectivity index (χ0) is 19.6. The van der Waals surface area contributed by atoms with Crippen LogP contribution >= 0.6 is 0 Å². The van der Waals surface area contributed by atoms with Crippen LogP contribution in [0, 0.1) is 16.7 Å². The third-order valence-electron chi connectivity index (χ3n) is 3.96. The molecule has 1 aliphatic heterocycles. The summed E-state index contributed by atoms with van der Waals surface area (Å²) in [4.78, 5) is 48.0. The van der Waals surface area contributed by atoms with Crippen molar-refractivity contribution < 1.29 is 28.7 Å². The molecule has 1 saturated heterocycles. The van der Waals surface area contributed by atoms with Crippen LogP contribution in [0.2, 0.25) is 0 Å². The summed E-state index contributed by atoms with van der Waals surface area (Å²) in [6.07, 6.45) is -0.319. The largest absolute Gasteiger partial charge is 0.455 e. The first-order chi connectivity index (χ1) is 11.2. The summed E-state index contributed by atoms with van der Waals surface area (Å²) in [5, 5.41) is 0. The Bertz CT molecular complexity index is 555. The second-order valence-electron chi connectivity index (χ2n) is 8.72. The molecule has 0 bridgehead atoms. The van der Waals surface area contributed by atoms with Crippen LogP contribution in [0.3, 0.4) is 0 Å². The van der Waals surface area contributed by atoms with Gasteiger partial charge >= 0.3 is 11.9 Å². The van der Waals surface area contributed by atoms with E-state index in [2.05, 4.69) is 0 Å². The van der Waals surface area contributed by atoms with Crippen molar-refractivity contribution >= 4 is 23.8 Å². The molecule has 2 unspecified atom stereocenters. The van der Waals surface area contributed by atoms with Gasteiger partial charge in [0.05, 0.1) is 12.3 Å². The minimum Gasteiger partial charge on any atom is -0.455 e. The van der Waals surface area contributed by atoms with Crippen LogP contribution in [0.5, 0.6) is 0 Å². The van der Waals surface area contributed by atoms with Gasteiger partial charge in [0.15, 0.2) is 12.8 Å². The van der Waals surface area contributed by atoms with Gasteiger partial charge in [-0.05, 0) is 17.3 Å². The first kappa shape index (κ1) is 21.1. The summed E-state index contributed by atoms with van der Waals surface area (Å²) in [5.74, 6) is -2.55. The Hall–Kier alpha value is -1.92. The van der Waals surface area contributed by atoms with Crippen LogP contribution in [0.4, 0.5) is 0 Å². The number of carbonyl (C=O) groups excluding carboxylic acids is 4. The Morgan fingerprint density at radius 3 is 2.12 bits per heavy atom. The predicted octanol–water partition coefficient (Wildman–Crippen LogP) is 2.28. The number of hydrogen-bond donors (Lipinski definition) is 0. The molecule has 2 atom stereocenters. The molecule has 2 amide bonds. The minimum absolute atomic E-state index is 0.0338. The number of hydrogen-bond acceptors (Lipinski definition) is 6. The number of ether oxygens (including phenoxy) is 2.